The molecule has 2 heterocycles. The number of para-hydroxylation sites is 1. The quantitative estimate of drug-likeness (QED) is 0.681. The van der Waals surface area contributed by atoms with Gasteiger partial charge in [-0.2, -0.15) is 0 Å². The summed E-state index contributed by atoms with van der Waals surface area (Å²) in [6, 6.07) is 7.83. The van der Waals surface area contributed by atoms with Gasteiger partial charge in [-0.25, -0.2) is 0 Å². The molecule has 1 aromatic carbocycles. The van der Waals surface area contributed by atoms with Crippen molar-refractivity contribution in [2.75, 3.05) is 26.2 Å². The van der Waals surface area contributed by atoms with Gasteiger partial charge in [0, 0.05) is 22.7 Å². The first-order valence-electron chi connectivity index (χ1n) is 8.17. The molecule has 0 unspecified atom stereocenters. The second-order valence-corrected chi connectivity index (χ2v) is 5.97. The van der Waals surface area contributed by atoms with Gasteiger partial charge in [0.1, 0.15) is 0 Å². The summed E-state index contributed by atoms with van der Waals surface area (Å²) in [6.07, 6.45) is 3.32. The van der Waals surface area contributed by atoms with Gasteiger partial charge in [-0.1, -0.05) is 18.2 Å². The average Bonchev–Trinajstić information content (AvgIpc) is 3.00. The maximum atomic E-state index is 12.6. The number of benzene rings is 1. The largest absolute Gasteiger partial charge is 0.466 e. The lowest BCUT2D eigenvalue weighted by molar-refractivity contribution is -0.149. The summed E-state index contributed by atoms with van der Waals surface area (Å²) in [5.74, 6) is 0.00142. The van der Waals surface area contributed by atoms with E-state index in [4.69, 9.17) is 4.74 Å². The highest BCUT2D eigenvalue weighted by Crippen LogP contribution is 2.21. The molecule has 0 spiro atoms. The number of piperidine rings is 1. The molecule has 1 fully saturated rings. The third-order valence-corrected chi connectivity index (χ3v) is 4.46. The smallest absolute Gasteiger partial charge is 0.309 e. The van der Waals surface area contributed by atoms with Crippen molar-refractivity contribution in [2.24, 2.45) is 5.92 Å². The second-order valence-electron chi connectivity index (χ2n) is 5.97. The Morgan fingerprint density at radius 1 is 1.26 bits per heavy atom. The lowest BCUT2D eigenvalue weighted by Gasteiger charge is -2.30. The van der Waals surface area contributed by atoms with E-state index in [-0.39, 0.29) is 17.7 Å². The summed E-state index contributed by atoms with van der Waals surface area (Å²) in [7, 11) is 0. The Morgan fingerprint density at radius 2 is 2.00 bits per heavy atom. The topological polar surface area (TPSA) is 62.4 Å². The van der Waals surface area contributed by atoms with E-state index in [0.717, 1.165) is 42.4 Å². The van der Waals surface area contributed by atoms with Crippen LogP contribution in [0.15, 0.2) is 30.5 Å². The monoisotopic (exact) mass is 314 g/mol. The van der Waals surface area contributed by atoms with Crippen LogP contribution in [0.2, 0.25) is 0 Å². The van der Waals surface area contributed by atoms with E-state index in [1.165, 1.54) is 0 Å². The number of aromatic nitrogens is 1. The zero-order valence-corrected chi connectivity index (χ0v) is 13.4. The Morgan fingerprint density at radius 3 is 2.74 bits per heavy atom. The maximum Gasteiger partial charge on any atom is 0.309 e. The summed E-state index contributed by atoms with van der Waals surface area (Å²) in [5, 5.41) is 0.971. The molecule has 122 valence electrons. The number of Topliss-reactive ketones (excluding diaryl/α,β-unsaturated/α-hetero) is 1. The highest BCUT2D eigenvalue weighted by Gasteiger charge is 2.27. The van der Waals surface area contributed by atoms with Crippen molar-refractivity contribution < 1.29 is 14.3 Å². The zero-order chi connectivity index (χ0) is 16.2. The number of H-pyrrole nitrogens is 1. The number of ether oxygens (including phenoxy) is 1. The second kappa shape index (κ2) is 6.96. The fourth-order valence-corrected chi connectivity index (χ4v) is 3.18. The number of nitrogens with zero attached hydrogens (tertiary/aromatic N) is 1. The van der Waals surface area contributed by atoms with E-state index >= 15 is 0 Å². The molecular weight excluding hydrogens is 292 g/mol. The number of carbonyl (C=O) groups is 2. The van der Waals surface area contributed by atoms with Crippen LogP contribution in [-0.4, -0.2) is 47.9 Å². The summed E-state index contributed by atoms with van der Waals surface area (Å²) in [4.78, 5) is 29.6. The van der Waals surface area contributed by atoms with Crippen molar-refractivity contribution >= 4 is 22.7 Å². The van der Waals surface area contributed by atoms with Crippen molar-refractivity contribution in [3.63, 3.8) is 0 Å². The number of hydrogen-bond donors (Lipinski definition) is 1. The highest BCUT2D eigenvalue weighted by atomic mass is 16.5. The molecule has 0 saturated carbocycles. The van der Waals surface area contributed by atoms with Crippen LogP contribution in [0.5, 0.6) is 0 Å². The molecule has 0 radical (unpaired) electrons. The van der Waals surface area contributed by atoms with Crippen molar-refractivity contribution in [1.82, 2.24) is 9.88 Å². The Bertz CT molecular complexity index is 699. The van der Waals surface area contributed by atoms with Crippen molar-refractivity contribution in [1.29, 1.82) is 0 Å². The molecule has 5 heteroatoms. The predicted octanol–water partition coefficient (Wildman–Crippen LogP) is 2.63. The van der Waals surface area contributed by atoms with E-state index in [1.54, 1.807) is 6.20 Å². The zero-order valence-electron chi connectivity index (χ0n) is 13.4. The normalized spacial score (nSPS) is 16.6. The van der Waals surface area contributed by atoms with Crippen LogP contribution in [0.1, 0.15) is 30.1 Å². The van der Waals surface area contributed by atoms with Crippen LogP contribution < -0.4 is 0 Å². The minimum Gasteiger partial charge on any atom is -0.466 e. The first-order valence-corrected chi connectivity index (χ1v) is 8.17. The Labute approximate surface area is 135 Å². The van der Waals surface area contributed by atoms with Crippen LogP contribution in [0.25, 0.3) is 10.9 Å². The third-order valence-electron chi connectivity index (χ3n) is 4.46. The molecule has 1 aliphatic rings. The van der Waals surface area contributed by atoms with Gasteiger partial charge in [-0.15, -0.1) is 0 Å². The van der Waals surface area contributed by atoms with E-state index in [9.17, 15) is 9.59 Å². The standard InChI is InChI=1S/C18H22N2O3/c1-2-23-18(22)13-7-9-20(10-8-13)12-17(21)15-11-19-16-6-4-3-5-14(15)16/h3-6,11,13,19H,2,7-10,12H2,1H3. The molecule has 2 aromatic rings. The van der Waals surface area contributed by atoms with Gasteiger partial charge in [0.15, 0.2) is 5.78 Å². The van der Waals surface area contributed by atoms with Gasteiger partial charge in [0.05, 0.1) is 19.1 Å². The number of esters is 1. The Balaban J connectivity index is 1.58. The SMILES string of the molecule is CCOC(=O)C1CCN(CC(=O)c2c[nH]c3ccccc23)CC1. The molecule has 0 atom stereocenters. The first-order chi connectivity index (χ1) is 11.2. The molecule has 23 heavy (non-hydrogen) atoms. The van der Waals surface area contributed by atoms with E-state index in [0.29, 0.717) is 13.2 Å². The average molecular weight is 314 g/mol. The number of likely N-dealkylation sites (tertiary alicyclic amines) is 1. The molecule has 1 saturated heterocycles. The molecule has 3 rings (SSSR count). The van der Waals surface area contributed by atoms with Gasteiger partial charge in [0.2, 0.25) is 0 Å². The van der Waals surface area contributed by atoms with Crippen molar-refractivity contribution in [3.8, 4) is 0 Å². The fourth-order valence-electron chi connectivity index (χ4n) is 3.18. The molecule has 0 amide bonds. The lowest BCUT2D eigenvalue weighted by atomic mass is 9.96. The van der Waals surface area contributed by atoms with E-state index < -0.39 is 0 Å². The summed E-state index contributed by atoms with van der Waals surface area (Å²) in [5.41, 5.74) is 1.73. The number of fused-ring (bicyclic) bond motifs is 1. The first kappa shape index (κ1) is 15.7. The number of rotatable bonds is 5. The minimum atomic E-state index is -0.102. The van der Waals surface area contributed by atoms with Crippen LogP contribution in [-0.2, 0) is 9.53 Å². The van der Waals surface area contributed by atoms with Crippen molar-refractivity contribution in [3.05, 3.63) is 36.0 Å². The number of hydrogen-bond acceptors (Lipinski definition) is 4. The van der Waals surface area contributed by atoms with Gasteiger partial charge >= 0.3 is 5.97 Å². The van der Waals surface area contributed by atoms with Crippen LogP contribution in [0.3, 0.4) is 0 Å². The van der Waals surface area contributed by atoms with E-state index in [1.807, 2.05) is 31.2 Å². The van der Waals surface area contributed by atoms with Gasteiger partial charge in [0.25, 0.3) is 0 Å². The van der Waals surface area contributed by atoms with Gasteiger partial charge in [-0.05, 0) is 38.9 Å². The van der Waals surface area contributed by atoms with Crippen LogP contribution in [0.4, 0.5) is 0 Å². The number of aromatic amines is 1. The molecule has 1 aliphatic heterocycles. The van der Waals surface area contributed by atoms with Crippen LogP contribution in [0, 0.1) is 5.92 Å². The molecule has 1 aromatic heterocycles. The highest BCUT2D eigenvalue weighted by molar-refractivity contribution is 6.08. The fraction of sp³-hybridized carbons (Fsp3) is 0.444. The summed E-state index contributed by atoms with van der Waals surface area (Å²) < 4.78 is 5.08. The molecule has 0 aliphatic carbocycles. The lowest BCUT2D eigenvalue weighted by Crippen LogP contribution is -2.39. The Hall–Kier alpha value is -2.14. The Kier molecular flexibility index (Phi) is 4.76. The minimum absolute atomic E-state index is 0.0191. The molecule has 5 nitrogen and oxygen atoms in total. The maximum absolute atomic E-state index is 12.6. The number of carbonyl (C=O) groups excluding carboxylic acids is 2. The number of nitrogens with one attached hydrogen (secondary N) is 1. The third kappa shape index (κ3) is 3.45. The van der Waals surface area contributed by atoms with Gasteiger partial charge in [-0.3, -0.25) is 14.5 Å². The predicted molar refractivity (Wildman–Crippen MR) is 88.4 cm³/mol. The number of ketones is 1. The van der Waals surface area contributed by atoms with Crippen LogP contribution >= 0.6 is 0 Å². The molecule has 0 bridgehead atoms. The summed E-state index contributed by atoms with van der Waals surface area (Å²) in [6.45, 7) is 4.18. The summed E-state index contributed by atoms with van der Waals surface area (Å²) >= 11 is 0. The van der Waals surface area contributed by atoms with E-state index in [2.05, 4.69) is 9.88 Å². The van der Waals surface area contributed by atoms with Gasteiger partial charge < -0.3 is 9.72 Å². The molecular formula is C18H22N2O3. The molecule has 1 N–H and O–H groups in total. The van der Waals surface area contributed by atoms with Crippen molar-refractivity contribution in [2.45, 2.75) is 19.8 Å².